The molecule has 0 bridgehead atoms. The van der Waals surface area contributed by atoms with Gasteiger partial charge in [0.15, 0.2) is 5.60 Å². The van der Waals surface area contributed by atoms with Crippen molar-refractivity contribution in [3.05, 3.63) is 119 Å². The lowest BCUT2D eigenvalue weighted by molar-refractivity contribution is 0.163. The Balaban J connectivity index is 1.99. The van der Waals surface area contributed by atoms with Crippen molar-refractivity contribution in [1.82, 2.24) is 0 Å². The molecule has 192 valence electrons. The van der Waals surface area contributed by atoms with E-state index in [1.54, 1.807) is 82.0 Å². The zero-order chi connectivity index (χ0) is 26.5. The molecule has 0 fully saturated rings. The first-order chi connectivity index (χ1) is 17.9. The predicted molar refractivity (Wildman–Crippen MR) is 143 cm³/mol. The Kier molecular flexibility index (Phi) is 7.86. The lowest BCUT2D eigenvalue weighted by Gasteiger charge is -2.35. The van der Waals surface area contributed by atoms with Gasteiger partial charge in [0, 0.05) is 0 Å². The maximum atomic E-state index is 13.8. The standard InChI is InChI=1S/C30H30O6S/c1-5-22-6-20-29(21-7-22)37(31,32)36-30(23-8-14-26(33-2)15-9-23,24-10-16-27(34-3)17-11-24)25-12-18-28(35-4)19-13-25/h6-21H,5H2,1-4H3. The van der Waals surface area contributed by atoms with E-state index in [4.69, 9.17) is 18.4 Å². The van der Waals surface area contributed by atoms with Gasteiger partial charge in [-0.1, -0.05) is 55.5 Å². The molecular weight excluding hydrogens is 488 g/mol. The van der Waals surface area contributed by atoms with Crippen LogP contribution in [0, 0.1) is 0 Å². The van der Waals surface area contributed by atoms with Crippen molar-refractivity contribution in [2.24, 2.45) is 0 Å². The number of methoxy groups -OCH3 is 3. The molecule has 6 nitrogen and oxygen atoms in total. The Morgan fingerprint density at radius 2 is 0.919 bits per heavy atom. The van der Waals surface area contributed by atoms with Crippen molar-refractivity contribution >= 4 is 10.1 Å². The lowest BCUT2D eigenvalue weighted by atomic mass is 9.80. The van der Waals surface area contributed by atoms with E-state index < -0.39 is 15.7 Å². The van der Waals surface area contributed by atoms with Gasteiger partial charge in [0.05, 0.1) is 26.2 Å². The molecule has 37 heavy (non-hydrogen) atoms. The van der Waals surface area contributed by atoms with Crippen molar-refractivity contribution < 1.29 is 26.8 Å². The molecule has 4 aromatic carbocycles. The first kappa shape index (κ1) is 26.3. The molecule has 0 aromatic heterocycles. The maximum absolute atomic E-state index is 13.8. The van der Waals surface area contributed by atoms with Crippen LogP contribution >= 0.6 is 0 Å². The largest absolute Gasteiger partial charge is 0.497 e. The van der Waals surface area contributed by atoms with Crippen LogP contribution in [0.4, 0.5) is 0 Å². The van der Waals surface area contributed by atoms with Crippen LogP contribution in [0.25, 0.3) is 0 Å². The molecule has 0 heterocycles. The molecule has 0 N–H and O–H groups in total. The maximum Gasteiger partial charge on any atom is 0.298 e. The van der Waals surface area contributed by atoms with Crippen LogP contribution in [0.1, 0.15) is 29.2 Å². The normalized spacial score (nSPS) is 11.7. The highest BCUT2D eigenvalue weighted by Crippen LogP contribution is 2.44. The quantitative estimate of drug-likeness (QED) is 0.190. The fourth-order valence-electron chi connectivity index (χ4n) is 4.23. The van der Waals surface area contributed by atoms with Gasteiger partial charge in [0.25, 0.3) is 10.1 Å². The van der Waals surface area contributed by atoms with E-state index in [0.717, 1.165) is 12.0 Å². The third-order valence-corrected chi connectivity index (χ3v) is 7.66. The molecule has 0 radical (unpaired) electrons. The molecule has 0 amide bonds. The molecule has 0 aliphatic rings. The fourth-order valence-corrected chi connectivity index (χ4v) is 5.41. The minimum Gasteiger partial charge on any atom is -0.497 e. The topological polar surface area (TPSA) is 71.1 Å². The minimum atomic E-state index is -4.23. The number of rotatable bonds is 10. The van der Waals surface area contributed by atoms with Gasteiger partial charge in [0.2, 0.25) is 0 Å². The van der Waals surface area contributed by atoms with Crippen molar-refractivity contribution in [2.45, 2.75) is 23.8 Å². The second-order valence-electron chi connectivity index (χ2n) is 8.40. The first-order valence-corrected chi connectivity index (χ1v) is 13.2. The van der Waals surface area contributed by atoms with E-state index in [1.165, 1.54) is 0 Å². The Hall–Kier alpha value is -3.81. The van der Waals surface area contributed by atoms with E-state index >= 15 is 0 Å². The zero-order valence-electron chi connectivity index (χ0n) is 21.3. The third-order valence-electron chi connectivity index (χ3n) is 6.34. The van der Waals surface area contributed by atoms with E-state index in [0.29, 0.717) is 33.9 Å². The number of aryl methyl sites for hydroxylation is 1. The Labute approximate surface area is 218 Å². The van der Waals surface area contributed by atoms with Crippen molar-refractivity contribution in [2.75, 3.05) is 21.3 Å². The van der Waals surface area contributed by atoms with E-state index in [9.17, 15) is 8.42 Å². The van der Waals surface area contributed by atoms with Gasteiger partial charge in [-0.2, -0.15) is 8.42 Å². The number of hydrogen-bond donors (Lipinski definition) is 0. The summed E-state index contributed by atoms with van der Waals surface area (Å²) in [4.78, 5) is 0.0737. The van der Waals surface area contributed by atoms with Gasteiger partial charge in [-0.15, -0.1) is 0 Å². The average Bonchev–Trinajstić information content (AvgIpc) is 2.96. The van der Waals surface area contributed by atoms with Crippen molar-refractivity contribution in [3.63, 3.8) is 0 Å². The smallest absolute Gasteiger partial charge is 0.298 e. The summed E-state index contributed by atoms with van der Waals surface area (Å²) in [5.74, 6) is 1.92. The van der Waals surface area contributed by atoms with Crippen molar-refractivity contribution in [3.8, 4) is 17.2 Å². The molecule has 0 saturated heterocycles. The van der Waals surface area contributed by atoms with Gasteiger partial charge < -0.3 is 14.2 Å². The van der Waals surface area contributed by atoms with Crippen LogP contribution in [-0.2, 0) is 26.3 Å². The van der Waals surface area contributed by atoms with Gasteiger partial charge >= 0.3 is 0 Å². The third kappa shape index (κ3) is 5.33. The van der Waals surface area contributed by atoms with Crippen LogP contribution in [-0.4, -0.2) is 29.7 Å². The average molecular weight is 519 g/mol. The number of benzene rings is 4. The summed E-state index contributed by atoms with van der Waals surface area (Å²) in [6.07, 6.45) is 0.800. The zero-order valence-corrected chi connectivity index (χ0v) is 22.1. The van der Waals surface area contributed by atoms with Crippen LogP contribution in [0.2, 0.25) is 0 Å². The Bertz CT molecular complexity index is 1290. The molecule has 0 unspecified atom stereocenters. The second-order valence-corrected chi connectivity index (χ2v) is 9.95. The molecule has 4 aromatic rings. The van der Waals surface area contributed by atoms with Crippen molar-refractivity contribution in [1.29, 1.82) is 0 Å². The number of hydrogen-bond acceptors (Lipinski definition) is 6. The van der Waals surface area contributed by atoms with Gasteiger partial charge in [-0.05, 0) is 77.2 Å². The summed E-state index contributed by atoms with van der Waals surface area (Å²) in [5.41, 5.74) is 1.34. The second kappa shape index (κ2) is 11.1. The molecular formula is C30H30O6S. The molecule has 0 aliphatic carbocycles. The van der Waals surface area contributed by atoms with Gasteiger partial charge in [-0.3, -0.25) is 0 Å². The lowest BCUT2D eigenvalue weighted by Crippen LogP contribution is -2.35. The highest BCUT2D eigenvalue weighted by atomic mass is 32.2. The van der Waals surface area contributed by atoms with Gasteiger partial charge in [0.1, 0.15) is 17.2 Å². The van der Waals surface area contributed by atoms with Crippen LogP contribution < -0.4 is 14.2 Å². The molecule has 7 heteroatoms. The van der Waals surface area contributed by atoms with E-state index in [1.807, 2.05) is 43.3 Å². The summed E-state index contributed by atoms with van der Waals surface area (Å²) < 4.78 is 50.1. The van der Waals surface area contributed by atoms with E-state index in [2.05, 4.69) is 0 Å². The molecule has 0 atom stereocenters. The summed E-state index contributed by atoms with van der Waals surface area (Å²) >= 11 is 0. The summed E-state index contributed by atoms with van der Waals surface area (Å²) in [7, 11) is 0.510. The van der Waals surface area contributed by atoms with Crippen LogP contribution in [0.5, 0.6) is 17.2 Å². The molecule has 0 aliphatic heterocycles. The van der Waals surface area contributed by atoms with Crippen LogP contribution in [0.3, 0.4) is 0 Å². The summed E-state index contributed by atoms with van der Waals surface area (Å²) in [6, 6.07) is 28.3. The number of ether oxygens (including phenoxy) is 3. The van der Waals surface area contributed by atoms with E-state index in [-0.39, 0.29) is 4.90 Å². The summed E-state index contributed by atoms with van der Waals surface area (Å²) in [6.45, 7) is 2.02. The minimum absolute atomic E-state index is 0.0737. The highest BCUT2D eigenvalue weighted by molar-refractivity contribution is 7.86. The SMILES string of the molecule is CCc1ccc(S(=O)(=O)OC(c2ccc(OC)cc2)(c2ccc(OC)cc2)c2ccc(OC)cc2)cc1. The Morgan fingerprint density at radius 1 is 0.568 bits per heavy atom. The summed E-state index contributed by atoms with van der Waals surface area (Å²) in [5, 5.41) is 0. The predicted octanol–water partition coefficient (Wildman–Crippen LogP) is 5.97. The first-order valence-electron chi connectivity index (χ1n) is 11.8. The molecule has 0 spiro atoms. The monoisotopic (exact) mass is 518 g/mol. The molecule has 0 saturated carbocycles. The Morgan fingerprint density at radius 3 is 1.22 bits per heavy atom. The van der Waals surface area contributed by atoms with Crippen LogP contribution in [0.15, 0.2) is 102 Å². The highest BCUT2D eigenvalue weighted by Gasteiger charge is 2.43. The van der Waals surface area contributed by atoms with Gasteiger partial charge in [-0.25, -0.2) is 4.18 Å². The molecule has 4 rings (SSSR count). The fraction of sp³-hybridized carbons (Fsp3) is 0.200.